The summed E-state index contributed by atoms with van der Waals surface area (Å²) in [4.78, 5) is 25.8. The summed E-state index contributed by atoms with van der Waals surface area (Å²) in [5, 5.41) is 6.00. The predicted molar refractivity (Wildman–Crippen MR) is 74.6 cm³/mol. The molecule has 0 fully saturated rings. The normalized spacial score (nSPS) is 10.4. The highest BCUT2D eigenvalue weighted by Crippen LogP contribution is 2.23. The zero-order chi connectivity index (χ0) is 13.8. The molecule has 0 spiro atoms. The molecule has 100 valence electrons. The molecular formula is C12H12ClN3O2S. The van der Waals surface area contributed by atoms with Gasteiger partial charge in [-0.05, 0) is 25.1 Å². The molecule has 0 aliphatic rings. The number of rotatable bonds is 4. The van der Waals surface area contributed by atoms with Gasteiger partial charge in [-0.3, -0.25) is 9.59 Å². The number of aromatic nitrogens is 2. The average Bonchev–Trinajstić information content (AvgIpc) is 2.81. The Labute approximate surface area is 118 Å². The van der Waals surface area contributed by atoms with Gasteiger partial charge in [0.25, 0.3) is 11.5 Å². The van der Waals surface area contributed by atoms with E-state index >= 15 is 0 Å². The SMILES string of the molecule is CCN(Cc1ccc(Cl)s1)C(=O)c1ccc(=O)[nH]n1. The summed E-state index contributed by atoms with van der Waals surface area (Å²) in [5.74, 6) is -0.219. The van der Waals surface area contributed by atoms with Crippen molar-refractivity contribution in [3.8, 4) is 0 Å². The van der Waals surface area contributed by atoms with Crippen molar-refractivity contribution in [3.05, 3.63) is 49.5 Å². The van der Waals surface area contributed by atoms with Crippen LogP contribution in [0.3, 0.4) is 0 Å². The van der Waals surface area contributed by atoms with Crippen LogP contribution in [0.1, 0.15) is 22.3 Å². The van der Waals surface area contributed by atoms with Gasteiger partial charge in [0.2, 0.25) is 0 Å². The van der Waals surface area contributed by atoms with Gasteiger partial charge in [-0.1, -0.05) is 11.6 Å². The highest BCUT2D eigenvalue weighted by atomic mass is 35.5. The lowest BCUT2D eigenvalue weighted by molar-refractivity contribution is 0.0747. The maximum atomic E-state index is 12.2. The summed E-state index contributed by atoms with van der Waals surface area (Å²) in [7, 11) is 0. The first-order chi connectivity index (χ1) is 9.10. The lowest BCUT2D eigenvalue weighted by Crippen LogP contribution is -2.31. The molecule has 2 aromatic rings. The number of carbonyl (C=O) groups excluding carboxylic acids is 1. The average molecular weight is 298 g/mol. The van der Waals surface area contributed by atoms with Crippen molar-refractivity contribution < 1.29 is 4.79 Å². The van der Waals surface area contributed by atoms with E-state index in [1.165, 1.54) is 23.5 Å². The summed E-state index contributed by atoms with van der Waals surface area (Å²) in [5.41, 5.74) is -0.103. The molecule has 0 saturated carbocycles. The summed E-state index contributed by atoms with van der Waals surface area (Å²) in [6, 6.07) is 6.41. The van der Waals surface area contributed by atoms with Gasteiger partial charge in [0.1, 0.15) is 5.69 Å². The second-order valence-corrected chi connectivity index (χ2v) is 5.63. The molecule has 19 heavy (non-hydrogen) atoms. The number of nitrogens with one attached hydrogen (secondary N) is 1. The molecule has 0 bridgehead atoms. The lowest BCUT2D eigenvalue weighted by atomic mass is 10.3. The third-order valence-corrected chi connectivity index (χ3v) is 3.76. The van der Waals surface area contributed by atoms with Crippen molar-refractivity contribution in [2.45, 2.75) is 13.5 Å². The molecule has 2 aromatic heterocycles. The van der Waals surface area contributed by atoms with E-state index in [9.17, 15) is 9.59 Å². The number of thiophene rings is 1. The van der Waals surface area contributed by atoms with Crippen molar-refractivity contribution in [1.82, 2.24) is 15.1 Å². The monoisotopic (exact) mass is 297 g/mol. The molecule has 0 saturated heterocycles. The number of aromatic amines is 1. The van der Waals surface area contributed by atoms with Crippen LogP contribution in [0.2, 0.25) is 4.34 Å². The van der Waals surface area contributed by atoms with Gasteiger partial charge >= 0.3 is 0 Å². The van der Waals surface area contributed by atoms with Gasteiger partial charge in [-0.25, -0.2) is 5.10 Å². The Bertz CT molecular complexity index is 617. The molecule has 0 unspecified atom stereocenters. The van der Waals surface area contributed by atoms with Gasteiger partial charge in [0.05, 0.1) is 10.9 Å². The number of nitrogens with zero attached hydrogens (tertiary/aromatic N) is 2. The number of H-pyrrole nitrogens is 1. The summed E-state index contributed by atoms with van der Waals surface area (Å²) >= 11 is 7.30. The Morgan fingerprint density at radius 2 is 2.21 bits per heavy atom. The van der Waals surface area contributed by atoms with Crippen LogP contribution >= 0.6 is 22.9 Å². The van der Waals surface area contributed by atoms with Gasteiger partial charge in [-0.2, -0.15) is 5.10 Å². The van der Waals surface area contributed by atoms with E-state index in [0.29, 0.717) is 17.4 Å². The number of halogens is 1. The Morgan fingerprint density at radius 3 is 2.74 bits per heavy atom. The van der Waals surface area contributed by atoms with Gasteiger partial charge in [0.15, 0.2) is 0 Å². The van der Waals surface area contributed by atoms with Crippen molar-refractivity contribution in [1.29, 1.82) is 0 Å². The van der Waals surface area contributed by atoms with Crippen molar-refractivity contribution >= 4 is 28.8 Å². The zero-order valence-electron chi connectivity index (χ0n) is 10.2. The first-order valence-electron chi connectivity index (χ1n) is 5.69. The molecular weight excluding hydrogens is 286 g/mol. The lowest BCUT2D eigenvalue weighted by Gasteiger charge is -2.19. The second-order valence-electron chi connectivity index (χ2n) is 3.83. The number of hydrogen-bond acceptors (Lipinski definition) is 4. The van der Waals surface area contributed by atoms with Crippen molar-refractivity contribution in [3.63, 3.8) is 0 Å². The predicted octanol–water partition coefficient (Wildman–Crippen LogP) is 2.15. The van der Waals surface area contributed by atoms with E-state index in [4.69, 9.17) is 11.6 Å². The topological polar surface area (TPSA) is 66.1 Å². The first-order valence-corrected chi connectivity index (χ1v) is 6.89. The highest BCUT2D eigenvalue weighted by Gasteiger charge is 2.16. The highest BCUT2D eigenvalue weighted by molar-refractivity contribution is 7.16. The maximum Gasteiger partial charge on any atom is 0.274 e. The van der Waals surface area contributed by atoms with E-state index in [0.717, 1.165) is 4.88 Å². The van der Waals surface area contributed by atoms with Gasteiger partial charge in [0, 0.05) is 17.5 Å². The third-order valence-electron chi connectivity index (χ3n) is 2.54. The molecule has 2 rings (SSSR count). The fraction of sp³-hybridized carbons (Fsp3) is 0.250. The Hall–Kier alpha value is -1.66. The van der Waals surface area contributed by atoms with Crippen LogP contribution in [-0.2, 0) is 6.54 Å². The molecule has 1 N–H and O–H groups in total. The second kappa shape index (κ2) is 5.99. The molecule has 7 heteroatoms. The van der Waals surface area contributed by atoms with E-state index < -0.39 is 0 Å². The Kier molecular flexibility index (Phi) is 4.34. The Balaban J connectivity index is 2.15. The minimum absolute atomic E-state index is 0.219. The molecule has 0 aromatic carbocycles. The fourth-order valence-electron chi connectivity index (χ4n) is 1.58. The van der Waals surface area contributed by atoms with Crippen LogP contribution < -0.4 is 5.56 Å². The molecule has 2 heterocycles. The number of amides is 1. The van der Waals surface area contributed by atoms with Crippen LogP contribution in [0.5, 0.6) is 0 Å². The third kappa shape index (κ3) is 3.42. The largest absolute Gasteiger partial charge is 0.332 e. The summed E-state index contributed by atoms with van der Waals surface area (Å²) in [6.45, 7) is 2.92. The number of hydrogen-bond donors (Lipinski definition) is 1. The molecule has 0 atom stereocenters. The van der Waals surface area contributed by atoms with Crippen LogP contribution in [-0.4, -0.2) is 27.5 Å². The van der Waals surface area contributed by atoms with E-state index in [2.05, 4.69) is 10.2 Å². The maximum absolute atomic E-state index is 12.2. The van der Waals surface area contributed by atoms with Crippen LogP contribution in [0.4, 0.5) is 0 Å². The van der Waals surface area contributed by atoms with Crippen LogP contribution in [0.25, 0.3) is 0 Å². The molecule has 0 aliphatic carbocycles. The van der Waals surface area contributed by atoms with Crippen LogP contribution in [0.15, 0.2) is 29.1 Å². The molecule has 5 nitrogen and oxygen atoms in total. The minimum Gasteiger partial charge on any atom is -0.332 e. The standard InChI is InChI=1S/C12H12ClN3O2S/c1-2-16(7-8-3-5-10(13)19-8)12(18)9-4-6-11(17)15-14-9/h3-6H,2,7H2,1H3,(H,15,17). The van der Waals surface area contributed by atoms with E-state index in [-0.39, 0.29) is 17.2 Å². The zero-order valence-corrected chi connectivity index (χ0v) is 11.8. The smallest absolute Gasteiger partial charge is 0.274 e. The molecule has 0 radical (unpaired) electrons. The first kappa shape index (κ1) is 13.8. The van der Waals surface area contributed by atoms with E-state index in [1.54, 1.807) is 11.0 Å². The van der Waals surface area contributed by atoms with Crippen molar-refractivity contribution in [2.24, 2.45) is 0 Å². The molecule has 0 aliphatic heterocycles. The summed E-state index contributed by atoms with van der Waals surface area (Å²) < 4.78 is 0.695. The fourth-order valence-corrected chi connectivity index (χ4v) is 2.68. The number of carbonyl (C=O) groups is 1. The minimum atomic E-state index is -0.329. The van der Waals surface area contributed by atoms with Gasteiger partial charge < -0.3 is 4.90 Å². The van der Waals surface area contributed by atoms with E-state index in [1.807, 2.05) is 13.0 Å². The summed E-state index contributed by atoms with van der Waals surface area (Å²) in [6.07, 6.45) is 0. The molecule has 1 amide bonds. The van der Waals surface area contributed by atoms with Crippen molar-refractivity contribution in [2.75, 3.05) is 6.54 Å². The van der Waals surface area contributed by atoms with Crippen LogP contribution in [0, 0.1) is 0 Å². The quantitative estimate of drug-likeness (QED) is 0.940. The Morgan fingerprint density at radius 1 is 1.42 bits per heavy atom. The van der Waals surface area contributed by atoms with Gasteiger partial charge in [-0.15, -0.1) is 11.3 Å².